The van der Waals surface area contributed by atoms with Crippen LogP contribution in [0.15, 0.2) is 23.7 Å². The molecule has 0 aliphatic rings. The van der Waals surface area contributed by atoms with E-state index in [2.05, 4.69) is 15.3 Å². The zero-order valence-electron chi connectivity index (χ0n) is 10.0. The van der Waals surface area contributed by atoms with E-state index in [1.807, 2.05) is 18.4 Å². The van der Waals surface area contributed by atoms with Crippen LogP contribution >= 0.6 is 11.3 Å². The van der Waals surface area contributed by atoms with E-state index < -0.39 is 0 Å². The maximum absolute atomic E-state index is 11.7. The highest BCUT2D eigenvalue weighted by Crippen LogP contribution is 2.10. The maximum Gasteiger partial charge on any atom is 0.231 e. The quantitative estimate of drug-likeness (QED) is 0.874. The van der Waals surface area contributed by atoms with E-state index in [1.165, 1.54) is 11.3 Å². The van der Waals surface area contributed by atoms with Crippen LogP contribution in [-0.2, 0) is 17.8 Å². The Morgan fingerprint density at radius 3 is 2.94 bits per heavy atom. The Labute approximate surface area is 109 Å². The third kappa shape index (κ3) is 3.35. The first-order valence-corrected chi connectivity index (χ1v) is 6.41. The molecular weight excluding hydrogens is 248 g/mol. The van der Waals surface area contributed by atoms with Gasteiger partial charge in [-0.2, -0.15) is 0 Å². The van der Waals surface area contributed by atoms with E-state index in [0.29, 0.717) is 12.4 Å². The van der Waals surface area contributed by atoms with Gasteiger partial charge in [0, 0.05) is 18.1 Å². The summed E-state index contributed by atoms with van der Waals surface area (Å²) in [6.07, 6.45) is 1.96. The van der Waals surface area contributed by atoms with Gasteiger partial charge in [0.1, 0.15) is 10.8 Å². The second-order valence-corrected chi connectivity index (χ2v) is 4.83. The first-order valence-electron chi connectivity index (χ1n) is 5.53. The van der Waals surface area contributed by atoms with Crippen LogP contribution in [0.5, 0.6) is 0 Å². The monoisotopic (exact) mass is 262 g/mol. The lowest BCUT2D eigenvalue weighted by molar-refractivity contribution is -0.115. The normalized spacial score (nSPS) is 10.3. The van der Waals surface area contributed by atoms with E-state index in [-0.39, 0.29) is 12.3 Å². The molecule has 0 saturated carbocycles. The zero-order valence-corrected chi connectivity index (χ0v) is 10.8. The van der Waals surface area contributed by atoms with Crippen molar-refractivity contribution in [3.63, 3.8) is 0 Å². The van der Waals surface area contributed by atoms with Crippen molar-refractivity contribution in [1.82, 2.24) is 9.97 Å². The van der Waals surface area contributed by atoms with Crippen molar-refractivity contribution >= 4 is 23.1 Å². The van der Waals surface area contributed by atoms with Crippen LogP contribution in [0.4, 0.5) is 5.82 Å². The Bertz CT molecular complexity index is 535. The smallest absolute Gasteiger partial charge is 0.231 e. The Morgan fingerprint density at radius 1 is 1.50 bits per heavy atom. The number of nitrogens with zero attached hydrogens (tertiary/aromatic N) is 2. The lowest BCUT2D eigenvalue weighted by atomic mass is 10.3. The number of hydrogen-bond acceptors (Lipinski definition) is 5. The van der Waals surface area contributed by atoms with Crippen molar-refractivity contribution in [2.75, 3.05) is 5.32 Å². The van der Waals surface area contributed by atoms with Gasteiger partial charge in [-0.15, -0.1) is 11.3 Å². The highest BCUT2D eigenvalue weighted by Gasteiger charge is 2.08. The number of carbonyl (C=O) groups excluding carboxylic acids is 1. The molecule has 0 spiro atoms. The highest BCUT2D eigenvalue weighted by atomic mass is 32.1. The molecule has 0 aliphatic heterocycles. The third-order valence-corrected chi connectivity index (χ3v) is 3.21. The number of pyridine rings is 1. The molecule has 2 aromatic rings. The molecule has 5 nitrogen and oxygen atoms in total. The van der Waals surface area contributed by atoms with E-state index in [9.17, 15) is 4.79 Å². The molecule has 0 radical (unpaired) electrons. The van der Waals surface area contributed by atoms with E-state index in [0.717, 1.165) is 16.3 Å². The molecule has 2 heterocycles. The molecule has 18 heavy (non-hydrogen) atoms. The molecule has 94 valence electrons. The average molecular weight is 262 g/mol. The van der Waals surface area contributed by atoms with Crippen molar-refractivity contribution in [1.29, 1.82) is 0 Å². The van der Waals surface area contributed by atoms with Gasteiger partial charge in [-0.3, -0.25) is 4.79 Å². The second-order valence-electron chi connectivity index (χ2n) is 3.88. The molecular formula is C12H14N4OS. The summed E-state index contributed by atoms with van der Waals surface area (Å²) in [6.45, 7) is 2.36. The van der Waals surface area contributed by atoms with Gasteiger partial charge in [0.2, 0.25) is 5.91 Å². The Hall–Kier alpha value is -1.79. The van der Waals surface area contributed by atoms with Gasteiger partial charge in [-0.05, 0) is 18.6 Å². The minimum absolute atomic E-state index is 0.125. The number of anilines is 1. The molecule has 0 atom stereocenters. The molecule has 3 N–H and O–H groups in total. The number of nitrogens with one attached hydrogen (secondary N) is 1. The minimum Gasteiger partial charge on any atom is -0.325 e. The van der Waals surface area contributed by atoms with Crippen LogP contribution in [0.2, 0.25) is 0 Å². The van der Waals surface area contributed by atoms with Crippen molar-refractivity contribution in [2.45, 2.75) is 19.9 Å². The molecule has 0 saturated heterocycles. The number of aromatic nitrogens is 2. The number of aryl methyl sites for hydroxylation is 1. The van der Waals surface area contributed by atoms with Gasteiger partial charge in [0.05, 0.1) is 12.1 Å². The summed E-state index contributed by atoms with van der Waals surface area (Å²) in [6, 6.07) is 3.68. The van der Waals surface area contributed by atoms with Gasteiger partial charge in [-0.1, -0.05) is 6.07 Å². The van der Waals surface area contributed by atoms with Crippen LogP contribution in [0.1, 0.15) is 16.3 Å². The predicted molar refractivity (Wildman–Crippen MR) is 71.3 cm³/mol. The molecule has 0 aromatic carbocycles. The number of hydrogen-bond donors (Lipinski definition) is 2. The first-order chi connectivity index (χ1) is 8.67. The predicted octanol–water partition coefficient (Wildman–Crippen LogP) is 1.49. The van der Waals surface area contributed by atoms with Crippen LogP contribution < -0.4 is 11.1 Å². The molecule has 0 unspecified atom stereocenters. The number of amides is 1. The molecule has 0 fully saturated rings. The lowest BCUT2D eigenvalue weighted by Gasteiger charge is -2.03. The number of rotatable bonds is 4. The first kappa shape index (κ1) is 12.7. The van der Waals surface area contributed by atoms with Crippen molar-refractivity contribution < 1.29 is 4.79 Å². The molecule has 2 aromatic heterocycles. The minimum atomic E-state index is -0.125. The second kappa shape index (κ2) is 5.70. The number of carbonyl (C=O) groups is 1. The molecule has 1 amide bonds. The average Bonchev–Trinajstić information content (AvgIpc) is 2.79. The van der Waals surface area contributed by atoms with E-state index in [1.54, 1.807) is 12.3 Å². The van der Waals surface area contributed by atoms with Gasteiger partial charge >= 0.3 is 0 Å². The van der Waals surface area contributed by atoms with Crippen LogP contribution in [0, 0.1) is 6.92 Å². The Morgan fingerprint density at radius 2 is 2.33 bits per heavy atom. The lowest BCUT2D eigenvalue weighted by Crippen LogP contribution is -2.15. The summed E-state index contributed by atoms with van der Waals surface area (Å²) < 4.78 is 0. The summed E-state index contributed by atoms with van der Waals surface area (Å²) >= 11 is 1.47. The van der Waals surface area contributed by atoms with Gasteiger partial charge in [0.25, 0.3) is 0 Å². The number of nitrogens with two attached hydrogens (primary N) is 1. The maximum atomic E-state index is 11.7. The van der Waals surface area contributed by atoms with Gasteiger partial charge < -0.3 is 11.1 Å². The Kier molecular flexibility index (Phi) is 4.01. The standard InChI is InChI=1S/C12H14N4OS/c1-8-2-3-10(14-6-8)16-11(17)4-9-7-18-12(5-13)15-9/h2-3,6-7H,4-5,13H2,1H3,(H,14,16,17). The van der Waals surface area contributed by atoms with Gasteiger partial charge in [0.15, 0.2) is 0 Å². The molecule has 6 heteroatoms. The fourth-order valence-corrected chi connectivity index (χ4v) is 2.09. The SMILES string of the molecule is Cc1ccc(NC(=O)Cc2csc(CN)n2)nc1. The number of thiazole rings is 1. The Balaban J connectivity index is 1.94. The van der Waals surface area contributed by atoms with Gasteiger partial charge in [-0.25, -0.2) is 9.97 Å². The third-order valence-electron chi connectivity index (χ3n) is 2.29. The molecule has 0 bridgehead atoms. The van der Waals surface area contributed by atoms with E-state index >= 15 is 0 Å². The highest BCUT2D eigenvalue weighted by molar-refractivity contribution is 7.09. The topological polar surface area (TPSA) is 80.9 Å². The zero-order chi connectivity index (χ0) is 13.0. The molecule has 0 aliphatic carbocycles. The van der Waals surface area contributed by atoms with Crippen molar-refractivity contribution in [2.24, 2.45) is 5.73 Å². The summed E-state index contributed by atoms with van der Waals surface area (Å²) in [5.41, 5.74) is 7.27. The van der Waals surface area contributed by atoms with Crippen LogP contribution in [-0.4, -0.2) is 15.9 Å². The summed E-state index contributed by atoms with van der Waals surface area (Å²) in [7, 11) is 0. The fraction of sp³-hybridized carbons (Fsp3) is 0.250. The van der Waals surface area contributed by atoms with Crippen LogP contribution in [0.3, 0.4) is 0 Å². The summed E-state index contributed by atoms with van der Waals surface area (Å²) in [5, 5.41) is 5.42. The van der Waals surface area contributed by atoms with Crippen molar-refractivity contribution in [3.8, 4) is 0 Å². The van der Waals surface area contributed by atoms with Crippen LogP contribution in [0.25, 0.3) is 0 Å². The van der Waals surface area contributed by atoms with E-state index in [4.69, 9.17) is 5.73 Å². The van der Waals surface area contributed by atoms with Crippen molar-refractivity contribution in [3.05, 3.63) is 40.0 Å². The fourth-order valence-electron chi connectivity index (χ4n) is 1.42. The summed E-state index contributed by atoms with van der Waals surface area (Å²) in [4.78, 5) is 20.1. The molecule has 2 rings (SSSR count). The largest absolute Gasteiger partial charge is 0.325 e. The summed E-state index contributed by atoms with van der Waals surface area (Å²) in [5.74, 6) is 0.431.